The Bertz CT molecular complexity index is 646. The first-order chi connectivity index (χ1) is 10.4. The predicted octanol–water partition coefficient (Wildman–Crippen LogP) is 1.67. The van der Waals surface area contributed by atoms with Gasteiger partial charge in [-0.05, 0) is 37.3 Å². The Kier molecular flexibility index (Phi) is 5.99. The van der Waals surface area contributed by atoms with Gasteiger partial charge in [-0.2, -0.15) is 4.31 Å². The van der Waals surface area contributed by atoms with Crippen LogP contribution in [-0.4, -0.2) is 50.7 Å². The molecule has 1 heterocycles. The maximum absolute atomic E-state index is 12.7. The molecule has 1 aromatic rings. The number of ether oxygens (including phenoxy) is 1. The summed E-state index contributed by atoms with van der Waals surface area (Å²) >= 11 is 11.2. The van der Waals surface area contributed by atoms with Crippen LogP contribution in [0.2, 0.25) is 5.02 Å². The number of rotatable bonds is 4. The third-order valence-corrected chi connectivity index (χ3v) is 5.74. The molecular formula is C13H18ClN3O3S2. The minimum atomic E-state index is -3.65. The Morgan fingerprint density at radius 2 is 2.09 bits per heavy atom. The molecule has 0 saturated carbocycles. The molecule has 1 fully saturated rings. The number of anilines is 1. The van der Waals surface area contributed by atoms with Crippen LogP contribution in [0.5, 0.6) is 0 Å². The van der Waals surface area contributed by atoms with Crippen LogP contribution in [0, 0.1) is 0 Å². The minimum Gasteiger partial charge on any atom is -0.379 e. The Morgan fingerprint density at radius 1 is 1.41 bits per heavy atom. The van der Waals surface area contributed by atoms with Crippen molar-refractivity contribution < 1.29 is 13.2 Å². The molecule has 9 heteroatoms. The molecule has 0 amide bonds. The lowest BCUT2D eigenvalue weighted by Crippen LogP contribution is -2.40. The molecule has 6 nitrogen and oxygen atoms in total. The molecule has 1 saturated heterocycles. The molecule has 0 aromatic heterocycles. The number of halogens is 1. The zero-order valence-electron chi connectivity index (χ0n) is 12.1. The molecule has 0 unspecified atom stereocenters. The summed E-state index contributed by atoms with van der Waals surface area (Å²) in [5, 5.41) is 6.50. The zero-order valence-corrected chi connectivity index (χ0v) is 14.5. The summed E-state index contributed by atoms with van der Waals surface area (Å²) in [6, 6.07) is 4.73. The quantitative estimate of drug-likeness (QED) is 0.793. The molecule has 1 aliphatic heterocycles. The van der Waals surface area contributed by atoms with Crippen molar-refractivity contribution in [3.63, 3.8) is 0 Å². The molecule has 1 aliphatic rings. The molecule has 2 N–H and O–H groups in total. The van der Waals surface area contributed by atoms with E-state index in [1.807, 2.05) is 6.92 Å². The highest BCUT2D eigenvalue weighted by molar-refractivity contribution is 7.89. The second kappa shape index (κ2) is 7.56. The summed E-state index contributed by atoms with van der Waals surface area (Å²) in [7, 11) is -3.65. The lowest BCUT2D eigenvalue weighted by molar-refractivity contribution is 0.0730. The molecule has 0 atom stereocenters. The standard InChI is InChI=1S/C13H18ClN3O3S2/c1-2-15-13(21)16-10-3-4-11(14)12(9-10)22(18,19)17-5-7-20-8-6-17/h3-4,9H,2,5-8H2,1H3,(H2,15,16,21). The van der Waals surface area contributed by atoms with Crippen molar-refractivity contribution in [3.05, 3.63) is 23.2 Å². The third kappa shape index (κ3) is 4.08. The summed E-state index contributed by atoms with van der Waals surface area (Å²) < 4.78 is 31.9. The van der Waals surface area contributed by atoms with Crippen LogP contribution in [0.15, 0.2) is 23.1 Å². The van der Waals surface area contributed by atoms with E-state index in [2.05, 4.69) is 10.6 Å². The van der Waals surface area contributed by atoms with Gasteiger partial charge in [0.2, 0.25) is 10.0 Å². The number of morpholine rings is 1. The van der Waals surface area contributed by atoms with Crippen molar-refractivity contribution in [1.29, 1.82) is 0 Å². The first-order valence-electron chi connectivity index (χ1n) is 6.87. The van der Waals surface area contributed by atoms with Crippen LogP contribution in [0.25, 0.3) is 0 Å². The number of thiocarbonyl (C=S) groups is 1. The highest BCUT2D eigenvalue weighted by Crippen LogP contribution is 2.28. The van der Waals surface area contributed by atoms with Crippen LogP contribution in [0.4, 0.5) is 5.69 Å². The predicted molar refractivity (Wildman–Crippen MR) is 90.9 cm³/mol. The number of benzene rings is 1. The average molecular weight is 364 g/mol. The van der Waals surface area contributed by atoms with Gasteiger partial charge in [-0.15, -0.1) is 0 Å². The van der Waals surface area contributed by atoms with Gasteiger partial charge in [0.1, 0.15) is 4.90 Å². The fraction of sp³-hybridized carbons (Fsp3) is 0.462. The Hall–Kier alpha value is -0.930. The van der Waals surface area contributed by atoms with Gasteiger partial charge in [-0.25, -0.2) is 8.42 Å². The second-order valence-electron chi connectivity index (χ2n) is 4.65. The lowest BCUT2D eigenvalue weighted by Gasteiger charge is -2.26. The number of nitrogens with zero attached hydrogens (tertiary/aromatic N) is 1. The van der Waals surface area contributed by atoms with Gasteiger partial charge >= 0.3 is 0 Å². The van der Waals surface area contributed by atoms with E-state index in [0.717, 1.165) is 0 Å². The van der Waals surface area contributed by atoms with Gasteiger partial charge in [-0.1, -0.05) is 11.6 Å². The topological polar surface area (TPSA) is 70.7 Å². The van der Waals surface area contributed by atoms with Gasteiger partial charge in [0.25, 0.3) is 0 Å². The second-order valence-corrected chi connectivity index (χ2v) is 7.37. The fourth-order valence-electron chi connectivity index (χ4n) is 2.04. The highest BCUT2D eigenvalue weighted by atomic mass is 35.5. The van der Waals surface area contributed by atoms with E-state index in [9.17, 15) is 8.42 Å². The largest absolute Gasteiger partial charge is 0.379 e. The summed E-state index contributed by atoms with van der Waals surface area (Å²) in [6.45, 7) is 4.03. The molecule has 2 rings (SSSR count). The lowest BCUT2D eigenvalue weighted by atomic mass is 10.3. The summed E-state index contributed by atoms with van der Waals surface area (Å²) in [6.07, 6.45) is 0. The average Bonchev–Trinajstić information content (AvgIpc) is 2.50. The SMILES string of the molecule is CCNC(=S)Nc1ccc(Cl)c(S(=O)(=O)N2CCOCC2)c1. The molecule has 122 valence electrons. The van der Waals surface area contributed by atoms with Gasteiger partial charge in [0, 0.05) is 25.3 Å². The van der Waals surface area contributed by atoms with Gasteiger partial charge in [0.05, 0.1) is 18.2 Å². The van der Waals surface area contributed by atoms with E-state index >= 15 is 0 Å². The van der Waals surface area contributed by atoms with Crippen LogP contribution in [0.3, 0.4) is 0 Å². The van der Waals surface area contributed by atoms with E-state index in [0.29, 0.717) is 43.6 Å². The fourth-order valence-corrected chi connectivity index (χ4v) is 4.21. The van der Waals surface area contributed by atoms with E-state index < -0.39 is 10.0 Å². The number of hydrogen-bond donors (Lipinski definition) is 2. The Morgan fingerprint density at radius 3 is 2.73 bits per heavy atom. The van der Waals surface area contributed by atoms with E-state index in [1.54, 1.807) is 12.1 Å². The van der Waals surface area contributed by atoms with Crippen molar-refractivity contribution >= 4 is 44.6 Å². The normalized spacial score (nSPS) is 16.3. The summed E-state index contributed by atoms with van der Waals surface area (Å²) in [5.74, 6) is 0. The molecule has 0 spiro atoms. The van der Waals surface area contributed by atoms with Crippen LogP contribution in [0.1, 0.15) is 6.92 Å². The van der Waals surface area contributed by atoms with Crippen molar-refractivity contribution in [3.8, 4) is 0 Å². The molecular weight excluding hydrogens is 346 g/mol. The molecule has 22 heavy (non-hydrogen) atoms. The van der Waals surface area contributed by atoms with Crippen molar-refractivity contribution in [2.24, 2.45) is 0 Å². The number of sulfonamides is 1. The number of hydrogen-bond acceptors (Lipinski definition) is 4. The third-order valence-electron chi connectivity index (χ3n) is 3.11. The minimum absolute atomic E-state index is 0.0698. The Balaban J connectivity index is 2.27. The maximum atomic E-state index is 12.7. The van der Waals surface area contributed by atoms with E-state index in [4.69, 9.17) is 28.6 Å². The van der Waals surface area contributed by atoms with Gasteiger partial charge in [0.15, 0.2) is 5.11 Å². The van der Waals surface area contributed by atoms with Crippen LogP contribution >= 0.6 is 23.8 Å². The van der Waals surface area contributed by atoms with Crippen molar-refractivity contribution in [1.82, 2.24) is 9.62 Å². The summed E-state index contributed by atoms with van der Waals surface area (Å²) in [5.41, 5.74) is 0.571. The molecule has 0 radical (unpaired) electrons. The van der Waals surface area contributed by atoms with Crippen LogP contribution in [-0.2, 0) is 14.8 Å². The smallest absolute Gasteiger partial charge is 0.244 e. The Labute approximate surface area is 140 Å². The number of nitrogens with one attached hydrogen (secondary N) is 2. The first kappa shape index (κ1) is 17.4. The monoisotopic (exact) mass is 363 g/mol. The summed E-state index contributed by atoms with van der Waals surface area (Å²) in [4.78, 5) is 0.0698. The molecule has 0 bridgehead atoms. The maximum Gasteiger partial charge on any atom is 0.244 e. The van der Waals surface area contributed by atoms with Crippen LogP contribution < -0.4 is 10.6 Å². The van der Waals surface area contributed by atoms with Gasteiger partial charge < -0.3 is 15.4 Å². The first-order valence-corrected chi connectivity index (χ1v) is 9.10. The van der Waals surface area contributed by atoms with Crippen molar-refractivity contribution in [2.45, 2.75) is 11.8 Å². The molecule has 0 aliphatic carbocycles. The zero-order chi connectivity index (χ0) is 16.2. The highest BCUT2D eigenvalue weighted by Gasteiger charge is 2.28. The van der Waals surface area contributed by atoms with E-state index in [1.165, 1.54) is 10.4 Å². The van der Waals surface area contributed by atoms with Crippen molar-refractivity contribution in [2.75, 3.05) is 38.2 Å². The van der Waals surface area contributed by atoms with Gasteiger partial charge in [-0.3, -0.25) is 0 Å². The molecule has 1 aromatic carbocycles. The van der Waals surface area contributed by atoms with E-state index in [-0.39, 0.29) is 9.92 Å².